The van der Waals surface area contributed by atoms with Gasteiger partial charge in [0.05, 0.1) is 12.8 Å². The van der Waals surface area contributed by atoms with E-state index in [2.05, 4.69) is 27.2 Å². The summed E-state index contributed by atoms with van der Waals surface area (Å²) in [5.41, 5.74) is 2.16. The van der Waals surface area contributed by atoms with Gasteiger partial charge >= 0.3 is 0 Å². The van der Waals surface area contributed by atoms with Crippen LogP contribution in [0.4, 0.5) is 27.5 Å². The van der Waals surface area contributed by atoms with Crippen molar-refractivity contribution in [3.8, 4) is 5.75 Å². The van der Waals surface area contributed by atoms with Gasteiger partial charge < -0.3 is 15.4 Å². The largest absolute Gasteiger partial charge is 0.494 e. The number of nitrogens with zero attached hydrogens (tertiary/aromatic N) is 2. The molecule has 0 aliphatic carbocycles. The highest BCUT2D eigenvalue weighted by Gasteiger charge is 2.09. The molecular weight excluding hydrogens is 383 g/mol. The van der Waals surface area contributed by atoms with Gasteiger partial charge in [0, 0.05) is 17.8 Å². The van der Waals surface area contributed by atoms with Crippen LogP contribution in [0.2, 0.25) is 0 Å². The van der Waals surface area contributed by atoms with Gasteiger partial charge in [-0.2, -0.15) is 4.98 Å². The second kappa shape index (κ2) is 10.2. The molecule has 0 fully saturated rings. The molecule has 1 aromatic heterocycles. The molecule has 0 saturated heterocycles. The average molecular weight is 406 g/mol. The lowest BCUT2D eigenvalue weighted by Gasteiger charge is -2.11. The minimum atomic E-state index is -0.587. The normalized spacial score (nSPS) is 10.3. The summed E-state index contributed by atoms with van der Waals surface area (Å²) in [6, 6.07) is 14.5. The van der Waals surface area contributed by atoms with Crippen molar-refractivity contribution in [3.63, 3.8) is 0 Å². The van der Waals surface area contributed by atoms with Crippen LogP contribution in [0, 0.1) is 5.82 Å². The van der Waals surface area contributed by atoms with Crippen molar-refractivity contribution in [2.24, 2.45) is 0 Å². The van der Waals surface area contributed by atoms with E-state index >= 15 is 0 Å². The summed E-state index contributed by atoms with van der Waals surface area (Å²) >= 11 is 0. The fourth-order valence-electron chi connectivity index (χ4n) is 2.67. The molecule has 0 saturated carbocycles. The number of benzene rings is 2. The van der Waals surface area contributed by atoms with Crippen molar-refractivity contribution in [1.82, 2.24) is 9.97 Å². The Morgan fingerprint density at radius 1 is 1.17 bits per heavy atom. The minimum absolute atomic E-state index is 0.0302. The highest BCUT2D eigenvalue weighted by Crippen LogP contribution is 2.22. The number of carbonyl (C=O) groups is 1. The molecule has 6 nitrogen and oxygen atoms in total. The molecule has 30 heavy (non-hydrogen) atoms. The first kappa shape index (κ1) is 21.0. The maximum atomic E-state index is 14.2. The summed E-state index contributed by atoms with van der Waals surface area (Å²) in [5, 5.41) is 5.98. The Labute approximate surface area is 174 Å². The molecular formula is C23H23FN4O2. The lowest BCUT2D eigenvalue weighted by Crippen LogP contribution is -2.04. The first-order valence-electron chi connectivity index (χ1n) is 9.61. The van der Waals surface area contributed by atoms with E-state index in [1.54, 1.807) is 18.2 Å². The van der Waals surface area contributed by atoms with Gasteiger partial charge in [-0.25, -0.2) is 9.37 Å². The fourth-order valence-corrected chi connectivity index (χ4v) is 2.67. The summed E-state index contributed by atoms with van der Waals surface area (Å²) in [6.07, 6.45) is 3.55. The maximum Gasteiger partial charge on any atom is 0.229 e. The molecule has 0 atom stereocenters. The van der Waals surface area contributed by atoms with Crippen LogP contribution in [0.25, 0.3) is 0 Å². The van der Waals surface area contributed by atoms with E-state index in [0.717, 1.165) is 29.6 Å². The Morgan fingerprint density at radius 2 is 1.97 bits per heavy atom. The number of ketones is 1. The number of halogens is 1. The van der Waals surface area contributed by atoms with Gasteiger partial charge in [-0.1, -0.05) is 25.6 Å². The summed E-state index contributed by atoms with van der Waals surface area (Å²) < 4.78 is 19.8. The molecule has 0 spiro atoms. The third-order valence-electron chi connectivity index (χ3n) is 4.12. The predicted octanol–water partition coefficient (Wildman–Crippen LogP) is 5.19. The van der Waals surface area contributed by atoms with Gasteiger partial charge in [-0.3, -0.25) is 4.79 Å². The van der Waals surface area contributed by atoms with Gasteiger partial charge in [0.15, 0.2) is 17.4 Å². The van der Waals surface area contributed by atoms with Crippen molar-refractivity contribution in [3.05, 3.63) is 78.8 Å². The van der Waals surface area contributed by atoms with Crippen LogP contribution >= 0.6 is 0 Å². The topological polar surface area (TPSA) is 76.1 Å². The van der Waals surface area contributed by atoms with Crippen LogP contribution in [-0.2, 0) is 11.2 Å². The number of nitrogens with one attached hydrogen (secondary N) is 2. The number of anilines is 4. The quantitative estimate of drug-likeness (QED) is 0.451. The van der Waals surface area contributed by atoms with Crippen molar-refractivity contribution in [2.75, 3.05) is 17.2 Å². The number of ether oxygens (including phenoxy) is 1. The Kier molecular flexibility index (Phi) is 7.10. The van der Waals surface area contributed by atoms with E-state index < -0.39 is 5.82 Å². The van der Waals surface area contributed by atoms with E-state index in [1.807, 2.05) is 37.3 Å². The lowest BCUT2D eigenvalue weighted by molar-refractivity contribution is -0.114. The van der Waals surface area contributed by atoms with Crippen LogP contribution in [0.5, 0.6) is 5.75 Å². The molecule has 154 valence electrons. The molecule has 2 aromatic carbocycles. The summed E-state index contributed by atoms with van der Waals surface area (Å²) in [6.45, 7) is 6.18. The first-order valence-corrected chi connectivity index (χ1v) is 9.61. The second-order valence-corrected chi connectivity index (χ2v) is 6.56. The molecule has 7 heteroatoms. The van der Waals surface area contributed by atoms with Crippen molar-refractivity contribution >= 4 is 28.9 Å². The molecule has 0 amide bonds. The van der Waals surface area contributed by atoms with Crippen LogP contribution in [0.3, 0.4) is 0 Å². The Bertz CT molecular complexity index is 1020. The molecule has 0 unspecified atom stereocenters. The fraction of sp³-hybridized carbons (Fsp3) is 0.174. The number of hydrogen-bond acceptors (Lipinski definition) is 6. The average Bonchev–Trinajstić information content (AvgIpc) is 2.76. The molecule has 0 radical (unpaired) electrons. The van der Waals surface area contributed by atoms with E-state index in [1.165, 1.54) is 6.08 Å². The van der Waals surface area contributed by atoms with Gasteiger partial charge in [-0.05, 0) is 54.5 Å². The Morgan fingerprint density at radius 3 is 2.70 bits per heavy atom. The van der Waals surface area contributed by atoms with Gasteiger partial charge in [0.2, 0.25) is 5.95 Å². The lowest BCUT2D eigenvalue weighted by atomic mass is 10.1. The third-order valence-corrected chi connectivity index (χ3v) is 4.12. The minimum Gasteiger partial charge on any atom is -0.494 e. The van der Waals surface area contributed by atoms with Crippen LogP contribution < -0.4 is 15.4 Å². The standard InChI is InChI=1S/C23H23FN4O2/c1-3-12-30-20-10-8-17(9-11-20)27-23-25-15-21(24)22(28-23)26-18-7-5-6-16(13-18)14-19(29)4-2/h4-11,13,15H,2-3,12,14H2,1H3,(H2,25,26,27,28). The summed E-state index contributed by atoms with van der Waals surface area (Å²) in [7, 11) is 0. The molecule has 2 N–H and O–H groups in total. The van der Waals surface area contributed by atoms with Gasteiger partial charge in [-0.15, -0.1) is 0 Å². The molecule has 0 bridgehead atoms. The van der Waals surface area contributed by atoms with Crippen LogP contribution in [-0.4, -0.2) is 22.4 Å². The molecule has 0 aliphatic rings. The zero-order valence-corrected chi connectivity index (χ0v) is 16.7. The Balaban J connectivity index is 1.71. The Hall–Kier alpha value is -3.74. The van der Waals surface area contributed by atoms with E-state index in [9.17, 15) is 9.18 Å². The maximum absolute atomic E-state index is 14.2. The summed E-state index contributed by atoms with van der Waals surface area (Å²) in [4.78, 5) is 19.8. The van der Waals surface area contributed by atoms with E-state index in [4.69, 9.17) is 4.74 Å². The van der Waals surface area contributed by atoms with E-state index in [0.29, 0.717) is 12.3 Å². The zero-order valence-electron chi connectivity index (χ0n) is 16.7. The van der Waals surface area contributed by atoms with Crippen LogP contribution in [0.15, 0.2) is 67.4 Å². The van der Waals surface area contributed by atoms with Crippen molar-refractivity contribution in [2.45, 2.75) is 19.8 Å². The SMILES string of the molecule is C=CC(=O)Cc1cccc(Nc2nc(Nc3ccc(OCCC)cc3)ncc2F)c1. The molecule has 1 heterocycles. The number of carbonyl (C=O) groups excluding carboxylic acids is 1. The number of hydrogen-bond donors (Lipinski definition) is 2. The molecule has 3 aromatic rings. The van der Waals surface area contributed by atoms with Crippen LogP contribution in [0.1, 0.15) is 18.9 Å². The monoisotopic (exact) mass is 406 g/mol. The third kappa shape index (κ3) is 5.88. The summed E-state index contributed by atoms with van der Waals surface area (Å²) in [5.74, 6) is 0.385. The number of allylic oxidation sites excluding steroid dienone is 1. The van der Waals surface area contributed by atoms with Crippen molar-refractivity contribution in [1.29, 1.82) is 0 Å². The van der Waals surface area contributed by atoms with Gasteiger partial charge in [0.1, 0.15) is 5.75 Å². The first-order chi connectivity index (χ1) is 14.6. The highest BCUT2D eigenvalue weighted by molar-refractivity contribution is 5.91. The van der Waals surface area contributed by atoms with Gasteiger partial charge in [0.25, 0.3) is 0 Å². The zero-order chi connectivity index (χ0) is 21.3. The molecule has 0 aliphatic heterocycles. The van der Waals surface area contributed by atoms with E-state index in [-0.39, 0.29) is 24.0 Å². The predicted molar refractivity (Wildman–Crippen MR) is 116 cm³/mol. The second-order valence-electron chi connectivity index (χ2n) is 6.56. The molecule has 3 rings (SSSR count). The highest BCUT2D eigenvalue weighted by atomic mass is 19.1. The smallest absolute Gasteiger partial charge is 0.229 e. The number of aromatic nitrogens is 2. The number of rotatable bonds is 10. The van der Waals surface area contributed by atoms with Crippen molar-refractivity contribution < 1.29 is 13.9 Å².